The zero-order chi connectivity index (χ0) is 25.6. The minimum absolute atomic E-state index is 0.143. The quantitative estimate of drug-likeness (QED) is 0.396. The van der Waals surface area contributed by atoms with Crippen LogP contribution in [0.4, 0.5) is 5.69 Å². The molecule has 0 radical (unpaired) electrons. The predicted octanol–water partition coefficient (Wildman–Crippen LogP) is 5.01. The van der Waals surface area contributed by atoms with Gasteiger partial charge in [0.15, 0.2) is 11.3 Å². The highest BCUT2D eigenvalue weighted by Gasteiger charge is 2.30. The third-order valence-corrected chi connectivity index (χ3v) is 8.63. The van der Waals surface area contributed by atoms with Gasteiger partial charge in [0.1, 0.15) is 0 Å². The fourth-order valence-electron chi connectivity index (χ4n) is 4.60. The first-order valence-electron chi connectivity index (χ1n) is 11.7. The average Bonchev–Trinajstić information content (AvgIpc) is 3.48. The van der Waals surface area contributed by atoms with Crippen molar-refractivity contribution in [2.75, 3.05) is 18.4 Å². The van der Waals surface area contributed by atoms with E-state index >= 15 is 0 Å². The Hall–Kier alpha value is -3.27. The topological polar surface area (TPSA) is 96.7 Å². The molecule has 8 nitrogen and oxygen atoms in total. The van der Waals surface area contributed by atoms with E-state index in [-0.39, 0.29) is 10.6 Å². The summed E-state index contributed by atoms with van der Waals surface area (Å²) < 4.78 is 30.0. The summed E-state index contributed by atoms with van der Waals surface area (Å²) in [5.41, 5.74) is 4.39. The Labute approximate surface area is 215 Å². The molecule has 1 saturated heterocycles. The van der Waals surface area contributed by atoms with Crippen LogP contribution in [0.5, 0.6) is 0 Å². The van der Waals surface area contributed by atoms with E-state index < -0.39 is 15.9 Å². The van der Waals surface area contributed by atoms with Gasteiger partial charge in [0.25, 0.3) is 5.91 Å². The number of halogens is 1. The molecule has 0 atom stereocenters. The van der Waals surface area contributed by atoms with Crippen LogP contribution in [0.2, 0.25) is 5.02 Å². The Bertz CT molecular complexity index is 1610. The second kappa shape index (κ2) is 9.31. The van der Waals surface area contributed by atoms with E-state index in [4.69, 9.17) is 11.6 Å². The number of rotatable bonds is 5. The summed E-state index contributed by atoms with van der Waals surface area (Å²) in [5.74, 6) is -0.445. The van der Waals surface area contributed by atoms with E-state index in [0.717, 1.165) is 24.2 Å². The number of sulfonamides is 1. The lowest BCUT2D eigenvalue weighted by Gasteiger charge is -2.18. The number of aromatic nitrogens is 3. The van der Waals surface area contributed by atoms with Gasteiger partial charge in [-0.1, -0.05) is 29.8 Å². The van der Waals surface area contributed by atoms with Crippen LogP contribution in [0.1, 0.15) is 40.3 Å². The third kappa shape index (κ3) is 4.38. The zero-order valence-electron chi connectivity index (χ0n) is 20.2. The number of hydrogen-bond donors (Lipinski definition) is 1. The number of nitrogens with one attached hydrogen (secondary N) is 1. The van der Waals surface area contributed by atoms with E-state index in [9.17, 15) is 13.2 Å². The van der Waals surface area contributed by atoms with E-state index in [1.807, 2.05) is 26.0 Å². The predicted molar refractivity (Wildman–Crippen MR) is 140 cm³/mol. The summed E-state index contributed by atoms with van der Waals surface area (Å²) in [6, 6.07) is 13.9. The summed E-state index contributed by atoms with van der Waals surface area (Å²) in [6.07, 6.45) is 1.70. The van der Waals surface area contributed by atoms with Crippen molar-refractivity contribution in [1.29, 1.82) is 0 Å². The van der Waals surface area contributed by atoms with Crippen molar-refractivity contribution in [1.82, 2.24) is 18.9 Å². The molecule has 0 aliphatic carbocycles. The lowest BCUT2D eigenvalue weighted by molar-refractivity contribution is 0.102. The normalized spacial score (nSPS) is 14.4. The first-order chi connectivity index (χ1) is 17.1. The fraction of sp³-hybridized carbons (Fsp3) is 0.269. The smallest absolute Gasteiger partial charge is 0.276 e. The van der Waals surface area contributed by atoms with Crippen LogP contribution in [0.25, 0.3) is 16.8 Å². The molecule has 1 N–H and O–H groups in total. The van der Waals surface area contributed by atoms with Crippen LogP contribution < -0.4 is 5.32 Å². The summed E-state index contributed by atoms with van der Waals surface area (Å²) in [6.45, 7) is 6.55. The maximum Gasteiger partial charge on any atom is 0.276 e. The minimum atomic E-state index is -3.67. The van der Waals surface area contributed by atoms with Gasteiger partial charge in [0, 0.05) is 35.2 Å². The van der Waals surface area contributed by atoms with Gasteiger partial charge in [-0.3, -0.25) is 4.79 Å². The van der Waals surface area contributed by atoms with Crippen molar-refractivity contribution in [3.63, 3.8) is 0 Å². The fourth-order valence-corrected chi connectivity index (χ4v) is 6.56. The van der Waals surface area contributed by atoms with Crippen LogP contribution in [0.3, 0.4) is 0 Å². The lowest BCUT2D eigenvalue weighted by Crippen LogP contribution is -2.28. The maximum atomic E-state index is 13.5. The summed E-state index contributed by atoms with van der Waals surface area (Å²) in [5, 5.41) is 7.93. The SMILES string of the molecule is Cc1cc(C)n2nc(C(=O)Nc3cccc(Cl)c3)c(-c3ccc(C)c(S(=O)(=O)N4CCCC4)c3)c2n1. The molecule has 1 aliphatic heterocycles. The Morgan fingerprint density at radius 2 is 1.78 bits per heavy atom. The highest BCUT2D eigenvalue weighted by atomic mass is 35.5. The second-order valence-electron chi connectivity index (χ2n) is 9.05. The van der Waals surface area contributed by atoms with Crippen LogP contribution in [-0.2, 0) is 10.0 Å². The highest BCUT2D eigenvalue weighted by Crippen LogP contribution is 2.33. The molecule has 186 valence electrons. The summed E-state index contributed by atoms with van der Waals surface area (Å²) in [7, 11) is -3.67. The Morgan fingerprint density at radius 1 is 1.03 bits per heavy atom. The van der Waals surface area contributed by atoms with Crippen molar-refractivity contribution in [3.8, 4) is 11.1 Å². The number of aryl methyl sites for hydroxylation is 3. The van der Waals surface area contributed by atoms with Crippen LogP contribution >= 0.6 is 11.6 Å². The molecule has 0 bridgehead atoms. The molecule has 1 aliphatic rings. The highest BCUT2D eigenvalue weighted by molar-refractivity contribution is 7.89. The summed E-state index contributed by atoms with van der Waals surface area (Å²) >= 11 is 6.09. The standard InChI is InChI=1S/C26H26ClN5O3S/c1-16-9-10-19(14-22(16)36(34,35)31-11-4-5-12-31)23-24(26(33)29-21-8-6-7-20(27)15-21)30-32-18(3)13-17(2)28-25(23)32/h6-10,13-15H,4-5,11-12H2,1-3H3,(H,29,33). The maximum absolute atomic E-state index is 13.5. The van der Waals surface area contributed by atoms with Gasteiger partial charge in [-0.15, -0.1) is 0 Å². The van der Waals surface area contributed by atoms with Gasteiger partial charge < -0.3 is 5.32 Å². The third-order valence-electron chi connectivity index (χ3n) is 6.35. The Balaban J connectivity index is 1.69. The second-order valence-corrected chi connectivity index (χ2v) is 11.4. The number of benzene rings is 2. The molecule has 36 heavy (non-hydrogen) atoms. The van der Waals surface area contributed by atoms with Gasteiger partial charge in [-0.2, -0.15) is 9.40 Å². The molecular weight excluding hydrogens is 498 g/mol. The monoisotopic (exact) mass is 523 g/mol. The van der Waals surface area contributed by atoms with E-state index in [0.29, 0.717) is 46.1 Å². The van der Waals surface area contributed by atoms with Gasteiger partial charge in [-0.05, 0) is 75.1 Å². The number of fused-ring (bicyclic) bond motifs is 1. The Morgan fingerprint density at radius 3 is 2.50 bits per heavy atom. The van der Waals surface area contributed by atoms with Gasteiger partial charge in [0.05, 0.1) is 10.5 Å². The number of nitrogens with zero attached hydrogens (tertiary/aromatic N) is 4. The molecule has 0 saturated carbocycles. The van der Waals surface area contributed by atoms with Crippen molar-refractivity contribution in [2.45, 2.75) is 38.5 Å². The zero-order valence-corrected chi connectivity index (χ0v) is 21.8. The molecule has 3 heterocycles. The van der Waals surface area contributed by atoms with Gasteiger partial charge in [0.2, 0.25) is 10.0 Å². The number of carbonyl (C=O) groups is 1. The van der Waals surface area contributed by atoms with Gasteiger partial charge in [-0.25, -0.2) is 17.9 Å². The number of carbonyl (C=O) groups excluding carboxylic acids is 1. The molecular formula is C26H26ClN5O3S. The van der Waals surface area contributed by atoms with Crippen molar-refractivity contribution < 1.29 is 13.2 Å². The first kappa shape index (κ1) is 24.4. The largest absolute Gasteiger partial charge is 0.321 e. The molecule has 1 amide bonds. The molecule has 10 heteroatoms. The minimum Gasteiger partial charge on any atom is -0.321 e. The van der Waals surface area contributed by atoms with Crippen LogP contribution in [-0.4, -0.2) is 46.3 Å². The average molecular weight is 524 g/mol. The van der Waals surface area contributed by atoms with Crippen molar-refractivity contribution in [2.24, 2.45) is 0 Å². The van der Waals surface area contributed by atoms with E-state index in [2.05, 4.69) is 15.4 Å². The number of amides is 1. The molecule has 4 aromatic rings. The van der Waals surface area contributed by atoms with Crippen molar-refractivity contribution in [3.05, 3.63) is 76.2 Å². The van der Waals surface area contributed by atoms with E-state index in [1.165, 1.54) is 4.31 Å². The molecule has 2 aromatic heterocycles. The number of anilines is 1. The lowest BCUT2D eigenvalue weighted by atomic mass is 10.0. The van der Waals surface area contributed by atoms with Gasteiger partial charge >= 0.3 is 0 Å². The molecule has 1 fully saturated rings. The molecule has 5 rings (SSSR count). The molecule has 0 unspecified atom stereocenters. The van der Waals surface area contributed by atoms with Crippen LogP contribution in [0, 0.1) is 20.8 Å². The molecule has 0 spiro atoms. The first-order valence-corrected chi connectivity index (χ1v) is 13.5. The van der Waals surface area contributed by atoms with Crippen LogP contribution in [0.15, 0.2) is 53.4 Å². The molecule has 2 aromatic carbocycles. The van der Waals surface area contributed by atoms with Crippen molar-refractivity contribution >= 4 is 38.9 Å². The summed E-state index contributed by atoms with van der Waals surface area (Å²) in [4.78, 5) is 18.4. The number of hydrogen-bond acceptors (Lipinski definition) is 5. The van der Waals surface area contributed by atoms with E-state index in [1.54, 1.807) is 47.8 Å². The Kier molecular flexibility index (Phi) is 6.32.